The van der Waals surface area contributed by atoms with Crippen LogP contribution in [0.1, 0.15) is 66.8 Å². The number of likely N-dealkylation sites (tertiary alicyclic amines) is 1. The van der Waals surface area contributed by atoms with E-state index in [2.05, 4.69) is 44.0 Å². The van der Waals surface area contributed by atoms with Gasteiger partial charge in [-0.05, 0) is 95.3 Å². The van der Waals surface area contributed by atoms with Crippen LogP contribution in [0.4, 0.5) is 0 Å². The lowest BCUT2D eigenvalue weighted by molar-refractivity contribution is -0.171. The number of halogens is 3. The van der Waals surface area contributed by atoms with Gasteiger partial charge in [0.2, 0.25) is 5.91 Å². The Morgan fingerprint density at radius 3 is 2.46 bits per heavy atom. The third-order valence-electron chi connectivity index (χ3n) is 8.54. The fourth-order valence-corrected chi connectivity index (χ4v) is 8.13. The molecule has 3 heterocycles. The van der Waals surface area contributed by atoms with E-state index in [1.54, 1.807) is 0 Å². The molecule has 1 atom stereocenters. The smallest absolute Gasteiger partial charge is 0.246 e. The number of fused-ring (bicyclic) bond motifs is 2. The minimum absolute atomic E-state index is 0.148. The van der Waals surface area contributed by atoms with Gasteiger partial charge >= 0.3 is 0 Å². The SMILES string of the molecule is O=C(C=C1CCC2(CC1)OCCO2)N1CCC([C@H]2c3ncc(Br)cc3CCc3cc(Cl)cc(Br)c32)CC1. The molecule has 1 spiro atoms. The van der Waals surface area contributed by atoms with Crippen LogP contribution in [0.25, 0.3) is 0 Å². The van der Waals surface area contributed by atoms with E-state index in [1.807, 2.05) is 23.2 Å². The molecule has 1 aromatic heterocycles. The third kappa shape index (κ3) is 5.31. The summed E-state index contributed by atoms with van der Waals surface area (Å²) in [5.74, 6) is 0.342. The maximum Gasteiger partial charge on any atom is 0.246 e. The Kier molecular flexibility index (Phi) is 7.54. The molecule has 2 saturated heterocycles. The average Bonchev–Trinajstić information content (AvgIpc) is 3.28. The van der Waals surface area contributed by atoms with Crippen LogP contribution in [0, 0.1) is 5.92 Å². The molecule has 2 aromatic rings. The summed E-state index contributed by atoms with van der Waals surface area (Å²) in [5.41, 5.74) is 6.31. The predicted octanol–water partition coefficient (Wildman–Crippen LogP) is 6.97. The van der Waals surface area contributed by atoms with Crippen LogP contribution in [0.15, 0.2) is 45.0 Å². The van der Waals surface area contributed by atoms with Crippen LogP contribution in [-0.2, 0) is 27.1 Å². The van der Waals surface area contributed by atoms with Gasteiger partial charge in [0.25, 0.3) is 0 Å². The quantitative estimate of drug-likeness (QED) is 0.330. The molecule has 5 nitrogen and oxygen atoms in total. The Morgan fingerprint density at radius 1 is 1.03 bits per heavy atom. The van der Waals surface area contributed by atoms with Gasteiger partial charge in [0.15, 0.2) is 5.79 Å². The van der Waals surface area contributed by atoms with Crippen molar-refractivity contribution in [2.75, 3.05) is 26.3 Å². The molecule has 0 N–H and O–H groups in total. The van der Waals surface area contributed by atoms with E-state index in [-0.39, 0.29) is 11.8 Å². The molecule has 0 radical (unpaired) electrons. The Labute approximate surface area is 240 Å². The summed E-state index contributed by atoms with van der Waals surface area (Å²) >= 11 is 13.9. The first kappa shape index (κ1) is 26.0. The minimum Gasteiger partial charge on any atom is -0.348 e. The number of pyridine rings is 1. The van der Waals surface area contributed by atoms with E-state index in [0.29, 0.717) is 19.1 Å². The molecule has 1 aromatic carbocycles. The summed E-state index contributed by atoms with van der Waals surface area (Å²) in [7, 11) is 0. The Hall–Kier alpha value is -1.25. The summed E-state index contributed by atoms with van der Waals surface area (Å²) in [4.78, 5) is 20.2. The van der Waals surface area contributed by atoms with Crippen molar-refractivity contribution in [3.63, 3.8) is 0 Å². The molecular formula is C29H31Br2ClN2O3. The first-order chi connectivity index (χ1) is 17.9. The maximum atomic E-state index is 13.2. The lowest BCUT2D eigenvalue weighted by Crippen LogP contribution is -2.40. The van der Waals surface area contributed by atoms with Gasteiger partial charge in [-0.1, -0.05) is 33.1 Å². The Balaban J connectivity index is 1.19. The summed E-state index contributed by atoms with van der Waals surface area (Å²) in [6.07, 6.45) is 11.0. The zero-order valence-electron chi connectivity index (χ0n) is 20.8. The Morgan fingerprint density at radius 2 is 1.73 bits per heavy atom. The van der Waals surface area contributed by atoms with Gasteiger partial charge < -0.3 is 14.4 Å². The van der Waals surface area contributed by atoms with Crippen molar-refractivity contribution < 1.29 is 14.3 Å². The van der Waals surface area contributed by atoms with E-state index in [0.717, 1.165) is 78.4 Å². The minimum atomic E-state index is -0.397. The zero-order valence-corrected chi connectivity index (χ0v) is 24.7. The first-order valence-corrected chi connectivity index (χ1v) is 15.3. The number of nitrogens with zero attached hydrogens (tertiary/aromatic N) is 2. The number of carbonyl (C=O) groups is 1. The average molecular weight is 651 g/mol. The lowest BCUT2D eigenvalue weighted by atomic mass is 9.76. The number of ether oxygens (including phenoxy) is 2. The largest absolute Gasteiger partial charge is 0.348 e. The Bertz CT molecular complexity index is 1220. The number of rotatable bonds is 2. The van der Waals surface area contributed by atoms with Gasteiger partial charge in [0, 0.05) is 58.1 Å². The maximum absolute atomic E-state index is 13.2. The van der Waals surface area contributed by atoms with Crippen molar-refractivity contribution >= 4 is 49.4 Å². The topological polar surface area (TPSA) is 51.7 Å². The fourth-order valence-electron chi connectivity index (χ4n) is 6.63. The predicted molar refractivity (Wildman–Crippen MR) is 151 cm³/mol. The number of hydrogen-bond acceptors (Lipinski definition) is 4. The normalized spacial score (nSPS) is 23.5. The van der Waals surface area contributed by atoms with Crippen molar-refractivity contribution in [3.8, 4) is 0 Å². The van der Waals surface area contributed by atoms with Gasteiger partial charge in [0.05, 0.1) is 18.9 Å². The lowest BCUT2D eigenvalue weighted by Gasteiger charge is -2.37. The summed E-state index contributed by atoms with van der Waals surface area (Å²) < 4.78 is 13.8. The van der Waals surface area contributed by atoms with Gasteiger partial charge in [-0.3, -0.25) is 9.78 Å². The number of benzene rings is 1. The fraction of sp³-hybridized carbons (Fsp3) is 0.517. The zero-order chi connectivity index (χ0) is 25.6. The number of piperidine rings is 1. The van der Waals surface area contributed by atoms with E-state index in [4.69, 9.17) is 26.1 Å². The van der Waals surface area contributed by atoms with E-state index in [9.17, 15) is 4.79 Å². The molecule has 8 heteroatoms. The standard InChI is InChI=1S/C29H31Br2ClN2O3/c30-22-14-21-2-1-20-15-23(32)16-24(31)26(20)27(28(21)33-17-22)19-5-9-34(10-6-19)25(35)13-18-3-7-29(8-4-18)36-11-12-37-29/h13-17,19,27H,1-12H2/t27-/m1/s1. The van der Waals surface area contributed by atoms with Gasteiger partial charge in [-0.25, -0.2) is 0 Å². The van der Waals surface area contributed by atoms with Crippen LogP contribution in [0.2, 0.25) is 5.02 Å². The molecule has 3 fully saturated rings. The first-order valence-electron chi connectivity index (χ1n) is 13.3. The highest BCUT2D eigenvalue weighted by Crippen LogP contribution is 2.46. The molecule has 2 aliphatic carbocycles. The van der Waals surface area contributed by atoms with E-state index in [1.165, 1.54) is 28.0 Å². The molecule has 6 rings (SSSR count). The van der Waals surface area contributed by atoms with E-state index < -0.39 is 5.79 Å². The summed E-state index contributed by atoms with van der Waals surface area (Å²) in [6, 6.07) is 6.35. The molecule has 1 saturated carbocycles. The molecule has 4 aliphatic rings. The van der Waals surface area contributed by atoms with Crippen molar-refractivity contribution in [2.45, 2.75) is 63.1 Å². The van der Waals surface area contributed by atoms with Crippen molar-refractivity contribution in [2.24, 2.45) is 5.92 Å². The van der Waals surface area contributed by atoms with Crippen molar-refractivity contribution in [3.05, 3.63) is 72.4 Å². The van der Waals surface area contributed by atoms with Gasteiger partial charge in [-0.15, -0.1) is 0 Å². The molecular weight excluding hydrogens is 620 g/mol. The van der Waals surface area contributed by atoms with E-state index >= 15 is 0 Å². The molecule has 1 amide bonds. The summed E-state index contributed by atoms with van der Waals surface area (Å²) in [5, 5.41) is 0.762. The van der Waals surface area contributed by atoms with Crippen LogP contribution in [-0.4, -0.2) is 47.9 Å². The van der Waals surface area contributed by atoms with Crippen LogP contribution in [0.3, 0.4) is 0 Å². The number of carbonyl (C=O) groups excluding carboxylic acids is 1. The highest BCUT2D eigenvalue weighted by atomic mass is 79.9. The van der Waals surface area contributed by atoms with Crippen molar-refractivity contribution in [1.29, 1.82) is 0 Å². The molecule has 2 aliphatic heterocycles. The van der Waals surface area contributed by atoms with Gasteiger partial charge in [-0.2, -0.15) is 0 Å². The summed E-state index contributed by atoms with van der Waals surface area (Å²) in [6.45, 7) is 2.90. The second-order valence-electron chi connectivity index (χ2n) is 10.7. The molecule has 37 heavy (non-hydrogen) atoms. The monoisotopic (exact) mass is 648 g/mol. The second-order valence-corrected chi connectivity index (χ2v) is 12.9. The molecule has 196 valence electrons. The number of aromatic nitrogens is 1. The highest BCUT2D eigenvalue weighted by Gasteiger charge is 2.39. The number of aryl methyl sites for hydroxylation is 2. The molecule has 0 bridgehead atoms. The third-order valence-corrected chi connectivity index (χ3v) is 9.84. The molecule has 0 unspecified atom stereocenters. The van der Waals surface area contributed by atoms with Crippen LogP contribution in [0.5, 0.6) is 0 Å². The van der Waals surface area contributed by atoms with Gasteiger partial charge in [0.1, 0.15) is 0 Å². The number of hydrogen-bond donors (Lipinski definition) is 0. The number of allylic oxidation sites excluding steroid dienone is 1. The second kappa shape index (κ2) is 10.7. The number of amides is 1. The highest BCUT2D eigenvalue weighted by molar-refractivity contribution is 9.10. The van der Waals surface area contributed by atoms with Crippen LogP contribution < -0.4 is 0 Å². The van der Waals surface area contributed by atoms with Crippen LogP contribution >= 0.6 is 43.5 Å². The van der Waals surface area contributed by atoms with Crippen molar-refractivity contribution in [1.82, 2.24) is 9.88 Å².